The van der Waals surface area contributed by atoms with Gasteiger partial charge in [0.05, 0.1) is 11.7 Å². The van der Waals surface area contributed by atoms with Gasteiger partial charge in [-0.25, -0.2) is 4.99 Å². The van der Waals surface area contributed by atoms with Crippen LogP contribution in [0.1, 0.15) is 19.4 Å². The second-order valence-corrected chi connectivity index (χ2v) is 6.23. The smallest absolute Gasteiger partial charge is 0.272 e. The van der Waals surface area contributed by atoms with Gasteiger partial charge in [-0.1, -0.05) is 25.1 Å². The number of fused-ring (bicyclic) bond motifs is 1. The average Bonchev–Trinajstić information content (AvgIpc) is 2.60. The number of para-hydroxylation sites is 1. The molecule has 0 aromatic heterocycles. The predicted molar refractivity (Wildman–Crippen MR) is 90.1 cm³/mol. The van der Waals surface area contributed by atoms with Crippen LogP contribution in [-0.2, 0) is 9.59 Å². The first-order chi connectivity index (χ1) is 10.5. The molecular formula is C15H20N4O2S. The van der Waals surface area contributed by atoms with Crippen molar-refractivity contribution in [3.63, 3.8) is 0 Å². The van der Waals surface area contributed by atoms with Crippen molar-refractivity contribution in [2.75, 3.05) is 17.7 Å². The minimum absolute atomic E-state index is 0.284. The Labute approximate surface area is 134 Å². The molecule has 0 fully saturated rings. The maximum atomic E-state index is 12.6. The van der Waals surface area contributed by atoms with Crippen molar-refractivity contribution in [3.05, 3.63) is 29.8 Å². The number of anilines is 1. The Bertz CT molecular complexity index is 615. The van der Waals surface area contributed by atoms with Crippen LogP contribution in [-0.4, -0.2) is 41.9 Å². The van der Waals surface area contributed by atoms with E-state index in [0.717, 1.165) is 22.0 Å². The molecule has 2 atom stereocenters. The van der Waals surface area contributed by atoms with Crippen molar-refractivity contribution in [3.8, 4) is 0 Å². The summed E-state index contributed by atoms with van der Waals surface area (Å²) in [5.41, 5.74) is 7.23. The van der Waals surface area contributed by atoms with Crippen molar-refractivity contribution in [2.24, 2.45) is 10.7 Å². The summed E-state index contributed by atoms with van der Waals surface area (Å²) in [6, 6.07) is 6.88. The largest absolute Gasteiger partial charge is 0.325 e. The molecule has 0 saturated heterocycles. The number of thioether (sulfide) groups is 1. The van der Waals surface area contributed by atoms with Gasteiger partial charge < -0.3 is 16.0 Å². The molecule has 2 rings (SSSR count). The standard InChI is InChI=1S/C15H20N4O2S/c1-4-22-14-10-7-5-6-8-11(10)19(3)15(21)12(18-14)17-13(20)9(2)16/h5-9,12H,4,16H2,1-3H3,(H,17,20)/t9-,12?/m0/s1. The number of hydrogen-bond donors (Lipinski definition) is 2. The zero-order valence-electron chi connectivity index (χ0n) is 12.9. The van der Waals surface area contributed by atoms with Gasteiger partial charge in [0.1, 0.15) is 5.04 Å². The molecular weight excluding hydrogens is 300 g/mol. The third-order valence-corrected chi connectivity index (χ3v) is 4.17. The van der Waals surface area contributed by atoms with E-state index in [9.17, 15) is 9.59 Å². The number of nitrogens with one attached hydrogen (secondary N) is 1. The zero-order chi connectivity index (χ0) is 16.3. The molecule has 1 aromatic carbocycles. The van der Waals surface area contributed by atoms with Gasteiger partial charge in [-0.05, 0) is 18.7 Å². The number of amides is 2. The first-order valence-electron chi connectivity index (χ1n) is 7.09. The van der Waals surface area contributed by atoms with Crippen molar-refractivity contribution in [1.82, 2.24) is 5.32 Å². The number of nitrogens with zero attached hydrogens (tertiary/aromatic N) is 2. The summed E-state index contributed by atoms with van der Waals surface area (Å²) in [5, 5.41) is 3.35. The minimum Gasteiger partial charge on any atom is -0.325 e. The molecule has 1 aromatic rings. The summed E-state index contributed by atoms with van der Waals surface area (Å²) in [7, 11) is 1.68. The van der Waals surface area contributed by atoms with Crippen LogP contribution < -0.4 is 16.0 Å². The van der Waals surface area contributed by atoms with Crippen LogP contribution in [0.2, 0.25) is 0 Å². The number of hydrogen-bond acceptors (Lipinski definition) is 5. The number of likely N-dealkylation sites (N-methyl/N-ethyl adjacent to an activating group) is 1. The van der Waals surface area contributed by atoms with Gasteiger partial charge in [0.2, 0.25) is 12.1 Å². The number of carbonyl (C=O) groups excluding carboxylic acids is 2. The minimum atomic E-state index is -0.954. The van der Waals surface area contributed by atoms with Gasteiger partial charge in [-0.2, -0.15) is 0 Å². The van der Waals surface area contributed by atoms with E-state index in [1.165, 1.54) is 4.90 Å². The van der Waals surface area contributed by atoms with E-state index in [0.29, 0.717) is 0 Å². The lowest BCUT2D eigenvalue weighted by Crippen LogP contribution is -2.50. The van der Waals surface area contributed by atoms with E-state index >= 15 is 0 Å². The van der Waals surface area contributed by atoms with E-state index in [4.69, 9.17) is 5.73 Å². The normalized spacial score (nSPS) is 19.1. The summed E-state index contributed by atoms with van der Waals surface area (Å²) >= 11 is 1.54. The molecule has 0 bridgehead atoms. The zero-order valence-corrected chi connectivity index (χ0v) is 13.7. The topological polar surface area (TPSA) is 87.8 Å². The highest BCUT2D eigenvalue weighted by molar-refractivity contribution is 8.14. The molecule has 2 amide bonds. The summed E-state index contributed by atoms with van der Waals surface area (Å²) in [6.07, 6.45) is -0.954. The Hall–Kier alpha value is -1.86. The highest BCUT2D eigenvalue weighted by atomic mass is 32.2. The number of benzene rings is 1. The summed E-state index contributed by atoms with van der Waals surface area (Å²) in [4.78, 5) is 30.4. The molecule has 0 spiro atoms. The maximum absolute atomic E-state index is 12.6. The molecule has 1 unspecified atom stereocenters. The van der Waals surface area contributed by atoms with Gasteiger partial charge in [0.15, 0.2) is 0 Å². The SMILES string of the molecule is CCSC1=NC(NC(=O)[C@H](C)N)C(=O)N(C)c2ccccc21. The van der Waals surface area contributed by atoms with Gasteiger partial charge in [-0.15, -0.1) is 11.8 Å². The van der Waals surface area contributed by atoms with E-state index in [1.807, 2.05) is 31.2 Å². The van der Waals surface area contributed by atoms with Gasteiger partial charge in [0.25, 0.3) is 5.91 Å². The third-order valence-electron chi connectivity index (χ3n) is 3.28. The van der Waals surface area contributed by atoms with Crippen molar-refractivity contribution >= 4 is 34.3 Å². The Morgan fingerprint density at radius 2 is 2.18 bits per heavy atom. The average molecular weight is 320 g/mol. The van der Waals surface area contributed by atoms with Gasteiger partial charge in [0, 0.05) is 12.6 Å². The first kappa shape index (κ1) is 16.5. The van der Waals surface area contributed by atoms with Crippen LogP contribution in [0.5, 0.6) is 0 Å². The molecule has 3 N–H and O–H groups in total. The molecule has 1 aliphatic heterocycles. The number of rotatable bonds is 3. The summed E-state index contributed by atoms with van der Waals surface area (Å²) in [5.74, 6) is 0.134. The van der Waals surface area contributed by atoms with Crippen LogP contribution in [0, 0.1) is 0 Å². The van der Waals surface area contributed by atoms with Crippen LogP contribution in [0.3, 0.4) is 0 Å². The van der Waals surface area contributed by atoms with Crippen LogP contribution in [0.15, 0.2) is 29.3 Å². The van der Waals surface area contributed by atoms with Crippen molar-refractivity contribution < 1.29 is 9.59 Å². The summed E-state index contributed by atoms with van der Waals surface area (Å²) < 4.78 is 0. The molecule has 0 aliphatic carbocycles. The number of benzodiazepines with no additional fused rings is 1. The van der Waals surface area contributed by atoms with E-state index in [1.54, 1.807) is 25.7 Å². The molecule has 0 radical (unpaired) electrons. The molecule has 6 nitrogen and oxygen atoms in total. The fraction of sp³-hybridized carbons (Fsp3) is 0.400. The Morgan fingerprint density at radius 3 is 2.82 bits per heavy atom. The van der Waals surface area contributed by atoms with E-state index in [-0.39, 0.29) is 5.91 Å². The molecule has 22 heavy (non-hydrogen) atoms. The number of aliphatic imine (C=N–C) groups is 1. The van der Waals surface area contributed by atoms with Crippen molar-refractivity contribution in [2.45, 2.75) is 26.1 Å². The maximum Gasteiger partial charge on any atom is 0.272 e. The highest BCUT2D eigenvalue weighted by Crippen LogP contribution is 2.28. The molecule has 0 saturated carbocycles. The second-order valence-electron chi connectivity index (χ2n) is 4.98. The number of nitrogens with two attached hydrogens (primary N) is 1. The highest BCUT2D eigenvalue weighted by Gasteiger charge is 2.30. The van der Waals surface area contributed by atoms with Crippen LogP contribution in [0.25, 0.3) is 0 Å². The Balaban J connectivity index is 2.44. The van der Waals surface area contributed by atoms with Gasteiger partial charge >= 0.3 is 0 Å². The fourth-order valence-corrected chi connectivity index (χ4v) is 2.88. The monoisotopic (exact) mass is 320 g/mol. The lowest BCUT2D eigenvalue weighted by atomic mass is 10.2. The Morgan fingerprint density at radius 1 is 1.50 bits per heavy atom. The fourth-order valence-electron chi connectivity index (χ4n) is 2.10. The number of carbonyl (C=O) groups is 2. The Kier molecular flexibility index (Phi) is 5.20. The first-order valence-corrected chi connectivity index (χ1v) is 8.07. The molecule has 7 heteroatoms. The molecule has 1 heterocycles. The lowest BCUT2D eigenvalue weighted by molar-refractivity contribution is -0.127. The predicted octanol–water partition coefficient (Wildman–Crippen LogP) is 0.952. The third kappa shape index (κ3) is 3.31. The second kappa shape index (κ2) is 6.93. The van der Waals surface area contributed by atoms with Crippen molar-refractivity contribution in [1.29, 1.82) is 0 Å². The van der Waals surface area contributed by atoms with E-state index < -0.39 is 18.1 Å². The molecule has 1 aliphatic rings. The van der Waals surface area contributed by atoms with Gasteiger partial charge in [-0.3, -0.25) is 9.59 Å². The quantitative estimate of drug-likeness (QED) is 0.868. The molecule has 118 valence electrons. The van der Waals surface area contributed by atoms with Crippen LogP contribution >= 0.6 is 11.8 Å². The van der Waals surface area contributed by atoms with Crippen LogP contribution in [0.4, 0.5) is 5.69 Å². The summed E-state index contributed by atoms with van der Waals surface area (Å²) in [6.45, 7) is 3.59. The lowest BCUT2D eigenvalue weighted by Gasteiger charge is -2.21. The van der Waals surface area contributed by atoms with E-state index in [2.05, 4.69) is 10.3 Å².